The molecule has 0 heterocycles. The zero-order valence-electron chi connectivity index (χ0n) is 11.4. The van der Waals surface area contributed by atoms with Crippen molar-refractivity contribution in [3.63, 3.8) is 0 Å². The van der Waals surface area contributed by atoms with Crippen LogP contribution in [0.25, 0.3) is 0 Å². The van der Waals surface area contributed by atoms with Gasteiger partial charge in [0.05, 0.1) is 6.54 Å². The smallest absolute Gasteiger partial charge is 0.119 e. The highest BCUT2D eigenvalue weighted by molar-refractivity contribution is 5.27. The number of aryl methyl sites for hydroxylation is 1. The number of benzene rings is 1. The first kappa shape index (κ1) is 14.6. The standard InChI is InChI=1S/C16H23NO/c1-4-6-7-15-8-10-16(11-9-15)18-14(3)13-17-12-5-2/h2,8-11,14,17H,4,6-7,12-13H2,1,3H3. The van der Waals surface area contributed by atoms with E-state index in [1.54, 1.807) is 0 Å². The first-order valence-corrected chi connectivity index (χ1v) is 6.66. The van der Waals surface area contributed by atoms with E-state index in [1.165, 1.54) is 18.4 Å². The van der Waals surface area contributed by atoms with E-state index in [2.05, 4.69) is 30.3 Å². The first-order valence-electron chi connectivity index (χ1n) is 6.66. The Kier molecular flexibility index (Phi) is 6.98. The van der Waals surface area contributed by atoms with Gasteiger partial charge in [-0.1, -0.05) is 31.4 Å². The summed E-state index contributed by atoms with van der Waals surface area (Å²) in [6.07, 6.45) is 8.92. The van der Waals surface area contributed by atoms with Gasteiger partial charge >= 0.3 is 0 Å². The average Bonchev–Trinajstić information content (AvgIpc) is 2.38. The number of hydrogen-bond donors (Lipinski definition) is 1. The molecular formula is C16H23NO. The van der Waals surface area contributed by atoms with Gasteiger partial charge in [-0.2, -0.15) is 0 Å². The van der Waals surface area contributed by atoms with Crippen molar-refractivity contribution in [3.8, 4) is 18.1 Å². The van der Waals surface area contributed by atoms with E-state index in [9.17, 15) is 0 Å². The first-order chi connectivity index (χ1) is 8.76. The Bertz CT molecular complexity index is 364. The maximum atomic E-state index is 5.79. The van der Waals surface area contributed by atoms with Crippen LogP contribution >= 0.6 is 0 Å². The fraction of sp³-hybridized carbons (Fsp3) is 0.500. The van der Waals surface area contributed by atoms with Gasteiger partial charge in [0.15, 0.2) is 0 Å². The molecule has 1 rings (SSSR count). The second-order valence-corrected chi connectivity index (χ2v) is 4.51. The zero-order chi connectivity index (χ0) is 13.2. The largest absolute Gasteiger partial charge is 0.489 e. The molecule has 1 unspecified atom stereocenters. The number of rotatable bonds is 8. The molecule has 0 aliphatic carbocycles. The third kappa shape index (κ3) is 5.75. The summed E-state index contributed by atoms with van der Waals surface area (Å²) in [5, 5.41) is 3.13. The van der Waals surface area contributed by atoms with Crippen molar-refractivity contribution in [1.29, 1.82) is 0 Å². The van der Waals surface area contributed by atoms with Crippen molar-refractivity contribution in [3.05, 3.63) is 29.8 Å². The van der Waals surface area contributed by atoms with Crippen LogP contribution in [-0.2, 0) is 6.42 Å². The highest BCUT2D eigenvalue weighted by atomic mass is 16.5. The minimum absolute atomic E-state index is 0.125. The Morgan fingerprint density at radius 2 is 2.06 bits per heavy atom. The van der Waals surface area contributed by atoms with E-state index in [0.717, 1.165) is 18.7 Å². The van der Waals surface area contributed by atoms with Gasteiger partial charge in [-0.05, 0) is 37.5 Å². The van der Waals surface area contributed by atoms with Gasteiger partial charge in [0.2, 0.25) is 0 Å². The number of ether oxygens (including phenoxy) is 1. The SMILES string of the molecule is C#CCNCC(C)Oc1ccc(CCCC)cc1. The maximum Gasteiger partial charge on any atom is 0.119 e. The summed E-state index contributed by atoms with van der Waals surface area (Å²) in [6.45, 7) is 5.60. The lowest BCUT2D eigenvalue weighted by Crippen LogP contribution is -2.29. The van der Waals surface area contributed by atoms with Crippen LogP contribution in [0.1, 0.15) is 32.3 Å². The van der Waals surface area contributed by atoms with E-state index >= 15 is 0 Å². The quantitative estimate of drug-likeness (QED) is 0.561. The predicted octanol–water partition coefficient (Wildman–Crippen LogP) is 3.02. The molecule has 0 spiro atoms. The van der Waals surface area contributed by atoms with Gasteiger partial charge in [0.1, 0.15) is 11.9 Å². The van der Waals surface area contributed by atoms with Crippen molar-refractivity contribution in [2.24, 2.45) is 0 Å². The highest BCUT2D eigenvalue weighted by Gasteiger charge is 2.03. The Morgan fingerprint density at radius 1 is 1.33 bits per heavy atom. The normalized spacial score (nSPS) is 11.8. The zero-order valence-corrected chi connectivity index (χ0v) is 11.4. The van der Waals surface area contributed by atoms with Crippen molar-refractivity contribution >= 4 is 0 Å². The number of terminal acetylenes is 1. The Morgan fingerprint density at radius 3 is 2.67 bits per heavy atom. The van der Waals surface area contributed by atoms with Crippen LogP contribution < -0.4 is 10.1 Å². The van der Waals surface area contributed by atoms with Crippen LogP contribution in [0.4, 0.5) is 0 Å². The minimum atomic E-state index is 0.125. The Hall–Kier alpha value is -1.46. The molecule has 98 valence electrons. The summed E-state index contributed by atoms with van der Waals surface area (Å²) in [4.78, 5) is 0. The number of hydrogen-bond acceptors (Lipinski definition) is 2. The summed E-state index contributed by atoms with van der Waals surface area (Å²) in [5.41, 5.74) is 1.38. The summed E-state index contributed by atoms with van der Waals surface area (Å²) >= 11 is 0. The highest BCUT2D eigenvalue weighted by Crippen LogP contribution is 2.15. The molecule has 0 radical (unpaired) electrons. The lowest BCUT2D eigenvalue weighted by atomic mass is 10.1. The molecule has 1 aromatic rings. The molecule has 0 aromatic heterocycles. The molecule has 1 atom stereocenters. The van der Waals surface area contributed by atoms with Crippen LogP contribution in [0, 0.1) is 12.3 Å². The number of unbranched alkanes of at least 4 members (excludes halogenated alkanes) is 1. The minimum Gasteiger partial charge on any atom is -0.489 e. The van der Waals surface area contributed by atoms with E-state index in [-0.39, 0.29) is 6.10 Å². The molecule has 2 nitrogen and oxygen atoms in total. The molecule has 0 fully saturated rings. The van der Waals surface area contributed by atoms with Gasteiger partial charge in [-0.3, -0.25) is 0 Å². The third-order valence-electron chi connectivity index (χ3n) is 2.74. The van der Waals surface area contributed by atoms with Crippen LogP contribution in [0.5, 0.6) is 5.75 Å². The molecule has 2 heteroatoms. The topological polar surface area (TPSA) is 21.3 Å². The average molecular weight is 245 g/mol. The fourth-order valence-electron chi connectivity index (χ4n) is 1.74. The van der Waals surface area contributed by atoms with Crippen molar-refractivity contribution < 1.29 is 4.74 Å². The third-order valence-corrected chi connectivity index (χ3v) is 2.74. The van der Waals surface area contributed by atoms with Crippen molar-refractivity contribution in [2.45, 2.75) is 39.2 Å². The summed E-state index contributed by atoms with van der Waals surface area (Å²) < 4.78 is 5.79. The molecular weight excluding hydrogens is 222 g/mol. The molecule has 0 bridgehead atoms. The van der Waals surface area contributed by atoms with Gasteiger partial charge in [-0.25, -0.2) is 0 Å². The molecule has 1 aromatic carbocycles. The molecule has 0 aliphatic rings. The summed E-state index contributed by atoms with van der Waals surface area (Å²) in [7, 11) is 0. The van der Waals surface area contributed by atoms with E-state index in [4.69, 9.17) is 11.2 Å². The predicted molar refractivity (Wildman–Crippen MR) is 76.8 cm³/mol. The molecule has 1 N–H and O–H groups in total. The molecule has 0 saturated heterocycles. The van der Waals surface area contributed by atoms with Crippen LogP contribution in [0.3, 0.4) is 0 Å². The van der Waals surface area contributed by atoms with Gasteiger partial charge in [0, 0.05) is 6.54 Å². The second-order valence-electron chi connectivity index (χ2n) is 4.51. The van der Waals surface area contributed by atoms with E-state index in [1.807, 2.05) is 19.1 Å². The number of nitrogens with one attached hydrogen (secondary N) is 1. The maximum absolute atomic E-state index is 5.79. The summed E-state index contributed by atoms with van der Waals surface area (Å²) in [5.74, 6) is 3.47. The second kappa shape index (κ2) is 8.60. The monoisotopic (exact) mass is 245 g/mol. The van der Waals surface area contributed by atoms with E-state index in [0.29, 0.717) is 6.54 Å². The molecule has 0 amide bonds. The van der Waals surface area contributed by atoms with Gasteiger partial charge < -0.3 is 10.1 Å². The molecule has 0 aliphatic heterocycles. The fourth-order valence-corrected chi connectivity index (χ4v) is 1.74. The van der Waals surface area contributed by atoms with Crippen LogP contribution in [0.15, 0.2) is 24.3 Å². The molecule has 18 heavy (non-hydrogen) atoms. The van der Waals surface area contributed by atoms with Gasteiger partial charge in [-0.15, -0.1) is 6.42 Å². The Labute approximate surface area is 111 Å². The molecule has 0 saturated carbocycles. The van der Waals surface area contributed by atoms with Crippen molar-refractivity contribution in [2.75, 3.05) is 13.1 Å². The van der Waals surface area contributed by atoms with E-state index < -0.39 is 0 Å². The lowest BCUT2D eigenvalue weighted by Gasteiger charge is -2.15. The van der Waals surface area contributed by atoms with Gasteiger partial charge in [0.25, 0.3) is 0 Å². The van der Waals surface area contributed by atoms with Crippen LogP contribution in [0.2, 0.25) is 0 Å². The Balaban J connectivity index is 2.36. The van der Waals surface area contributed by atoms with Crippen LogP contribution in [-0.4, -0.2) is 19.2 Å². The lowest BCUT2D eigenvalue weighted by molar-refractivity contribution is 0.219. The summed E-state index contributed by atoms with van der Waals surface area (Å²) in [6, 6.07) is 8.38. The van der Waals surface area contributed by atoms with Crippen molar-refractivity contribution in [1.82, 2.24) is 5.32 Å².